The average Bonchev–Trinajstić information content (AvgIpc) is 2.53. The van der Waals surface area contributed by atoms with Crippen LogP contribution in [0, 0.1) is 11.8 Å². The summed E-state index contributed by atoms with van der Waals surface area (Å²) in [5.74, 6) is 1.05. The van der Waals surface area contributed by atoms with E-state index in [0.717, 1.165) is 6.42 Å². The summed E-state index contributed by atoms with van der Waals surface area (Å²) in [6, 6.07) is 0. The van der Waals surface area contributed by atoms with Gasteiger partial charge in [-0.15, -0.1) is 0 Å². The Morgan fingerprint density at radius 1 is 1.47 bits per heavy atom. The largest absolute Gasteiger partial charge is 0.295 e. The molecule has 84 valence electrons. The van der Waals surface area contributed by atoms with E-state index in [1.165, 1.54) is 24.8 Å². The van der Waals surface area contributed by atoms with Crippen LogP contribution >= 0.6 is 0 Å². The third-order valence-corrected chi connectivity index (χ3v) is 3.06. The zero-order chi connectivity index (χ0) is 11.3. The summed E-state index contributed by atoms with van der Waals surface area (Å²) in [6.45, 7) is 6.38. The van der Waals surface area contributed by atoms with Gasteiger partial charge in [-0.05, 0) is 38.7 Å². The smallest absolute Gasteiger partial charge is 0.159 e. The van der Waals surface area contributed by atoms with Crippen LogP contribution < -0.4 is 0 Å². The van der Waals surface area contributed by atoms with E-state index in [9.17, 15) is 4.79 Å². The van der Waals surface area contributed by atoms with Gasteiger partial charge in [0.1, 0.15) is 0 Å². The molecule has 0 aliphatic heterocycles. The minimum Gasteiger partial charge on any atom is -0.295 e. The highest BCUT2D eigenvalue weighted by Gasteiger charge is 2.28. The molecule has 15 heavy (non-hydrogen) atoms. The molecule has 0 saturated heterocycles. The molecule has 2 atom stereocenters. The van der Waals surface area contributed by atoms with Gasteiger partial charge in [0.25, 0.3) is 0 Å². The van der Waals surface area contributed by atoms with Crippen molar-refractivity contribution in [2.24, 2.45) is 11.8 Å². The number of carbonyl (C=O) groups is 1. The van der Waals surface area contributed by atoms with Crippen LogP contribution in [0.3, 0.4) is 0 Å². The number of ketones is 1. The fourth-order valence-corrected chi connectivity index (χ4v) is 2.08. The summed E-state index contributed by atoms with van der Waals surface area (Å²) >= 11 is 0. The molecule has 1 aliphatic carbocycles. The first kappa shape index (κ1) is 12.2. The molecule has 0 radical (unpaired) electrons. The van der Waals surface area contributed by atoms with Gasteiger partial charge in [0.05, 0.1) is 0 Å². The summed E-state index contributed by atoms with van der Waals surface area (Å²) in [7, 11) is 0. The van der Waals surface area contributed by atoms with Crippen molar-refractivity contribution in [2.45, 2.75) is 46.5 Å². The van der Waals surface area contributed by atoms with Crippen molar-refractivity contribution in [2.75, 3.05) is 0 Å². The van der Waals surface area contributed by atoms with Gasteiger partial charge in [-0.3, -0.25) is 4.79 Å². The number of hydrogen-bond donors (Lipinski definition) is 0. The van der Waals surface area contributed by atoms with Gasteiger partial charge in [0.15, 0.2) is 5.78 Å². The lowest BCUT2D eigenvalue weighted by Crippen LogP contribution is -2.15. The van der Waals surface area contributed by atoms with Gasteiger partial charge < -0.3 is 0 Å². The SMILES string of the molecule is CCCC[C@H]1C=CC(=O)[C@@H]1CC=C(C)C. The van der Waals surface area contributed by atoms with E-state index in [2.05, 4.69) is 32.9 Å². The van der Waals surface area contributed by atoms with E-state index in [0.29, 0.717) is 11.7 Å². The summed E-state index contributed by atoms with van der Waals surface area (Å²) < 4.78 is 0. The van der Waals surface area contributed by atoms with Crippen molar-refractivity contribution < 1.29 is 4.79 Å². The van der Waals surface area contributed by atoms with Crippen LogP contribution in [0.2, 0.25) is 0 Å². The lowest BCUT2D eigenvalue weighted by Gasteiger charge is -2.16. The van der Waals surface area contributed by atoms with Gasteiger partial charge in [-0.2, -0.15) is 0 Å². The zero-order valence-electron chi connectivity index (χ0n) is 10.1. The summed E-state index contributed by atoms with van der Waals surface area (Å²) in [5, 5.41) is 0. The fraction of sp³-hybridized carbons (Fsp3) is 0.643. The van der Waals surface area contributed by atoms with Gasteiger partial charge in [-0.1, -0.05) is 37.5 Å². The topological polar surface area (TPSA) is 17.1 Å². The van der Waals surface area contributed by atoms with E-state index >= 15 is 0 Å². The highest BCUT2D eigenvalue weighted by atomic mass is 16.1. The molecule has 0 amide bonds. The Morgan fingerprint density at radius 3 is 2.80 bits per heavy atom. The molecule has 1 aliphatic rings. The van der Waals surface area contributed by atoms with Gasteiger partial charge in [0, 0.05) is 5.92 Å². The maximum absolute atomic E-state index is 11.6. The Kier molecular flexibility index (Phi) is 4.80. The van der Waals surface area contributed by atoms with Crippen molar-refractivity contribution in [3.05, 3.63) is 23.8 Å². The number of allylic oxidation sites excluding steroid dienone is 4. The summed E-state index contributed by atoms with van der Waals surface area (Å²) in [4.78, 5) is 11.6. The predicted octanol–water partition coefficient (Wildman–Crippen LogP) is 3.90. The first-order valence-corrected chi connectivity index (χ1v) is 6.00. The molecule has 0 spiro atoms. The van der Waals surface area contributed by atoms with Gasteiger partial charge in [-0.25, -0.2) is 0 Å². The zero-order valence-corrected chi connectivity index (χ0v) is 10.1. The molecule has 0 aromatic heterocycles. The Labute approximate surface area is 93.3 Å². The van der Waals surface area contributed by atoms with Crippen LogP contribution in [0.1, 0.15) is 46.5 Å². The number of hydrogen-bond acceptors (Lipinski definition) is 1. The van der Waals surface area contributed by atoms with Crippen molar-refractivity contribution in [3.63, 3.8) is 0 Å². The molecule has 0 aromatic rings. The first-order valence-electron chi connectivity index (χ1n) is 6.00. The van der Waals surface area contributed by atoms with Crippen LogP contribution in [-0.2, 0) is 4.79 Å². The summed E-state index contributed by atoms with van der Waals surface area (Å²) in [6.07, 6.45) is 10.6. The Bertz CT molecular complexity index is 269. The summed E-state index contributed by atoms with van der Waals surface area (Å²) in [5.41, 5.74) is 1.31. The van der Waals surface area contributed by atoms with Crippen LogP contribution in [0.5, 0.6) is 0 Å². The molecule has 0 unspecified atom stereocenters. The maximum Gasteiger partial charge on any atom is 0.159 e. The van der Waals surface area contributed by atoms with E-state index in [1.807, 2.05) is 0 Å². The van der Waals surface area contributed by atoms with Crippen LogP contribution in [0.25, 0.3) is 0 Å². The second-order valence-corrected chi connectivity index (χ2v) is 4.69. The first-order chi connectivity index (χ1) is 7.15. The molecule has 1 rings (SSSR count). The highest BCUT2D eigenvalue weighted by molar-refractivity contribution is 5.94. The second-order valence-electron chi connectivity index (χ2n) is 4.69. The molecule has 0 heterocycles. The highest BCUT2D eigenvalue weighted by Crippen LogP contribution is 2.30. The molecule has 1 nitrogen and oxygen atoms in total. The molecule has 0 aromatic carbocycles. The molecule has 1 heteroatoms. The van der Waals surface area contributed by atoms with Crippen molar-refractivity contribution >= 4 is 5.78 Å². The van der Waals surface area contributed by atoms with E-state index < -0.39 is 0 Å². The molecule has 0 fully saturated rings. The minimum atomic E-state index is 0.228. The Hall–Kier alpha value is -0.850. The van der Waals surface area contributed by atoms with Crippen molar-refractivity contribution in [3.8, 4) is 0 Å². The average molecular weight is 206 g/mol. The monoisotopic (exact) mass is 206 g/mol. The predicted molar refractivity (Wildman–Crippen MR) is 64.7 cm³/mol. The van der Waals surface area contributed by atoms with E-state index in [1.54, 1.807) is 6.08 Å². The quantitative estimate of drug-likeness (QED) is 0.623. The molecule has 0 N–H and O–H groups in total. The lowest BCUT2D eigenvalue weighted by atomic mass is 9.87. The van der Waals surface area contributed by atoms with Gasteiger partial charge in [0.2, 0.25) is 0 Å². The minimum absolute atomic E-state index is 0.228. The van der Waals surface area contributed by atoms with Crippen molar-refractivity contribution in [1.29, 1.82) is 0 Å². The molecular formula is C14H22O. The lowest BCUT2D eigenvalue weighted by molar-refractivity contribution is -0.118. The fourth-order valence-electron chi connectivity index (χ4n) is 2.08. The molecule has 0 saturated carbocycles. The van der Waals surface area contributed by atoms with Crippen LogP contribution in [0.4, 0.5) is 0 Å². The number of carbonyl (C=O) groups excluding carboxylic acids is 1. The molecular weight excluding hydrogens is 184 g/mol. The van der Waals surface area contributed by atoms with Crippen LogP contribution in [-0.4, -0.2) is 5.78 Å². The standard InChI is InChI=1S/C14H22O/c1-4-5-6-12-8-10-14(15)13(12)9-7-11(2)3/h7-8,10,12-13H,4-6,9H2,1-3H3/t12-,13+/m0/s1. The van der Waals surface area contributed by atoms with E-state index in [-0.39, 0.29) is 5.92 Å². The third kappa shape index (κ3) is 3.65. The second kappa shape index (κ2) is 5.89. The number of rotatable bonds is 5. The Balaban J connectivity index is 2.52. The Morgan fingerprint density at radius 2 is 2.20 bits per heavy atom. The van der Waals surface area contributed by atoms with E-state index in [4.69, 9.17) is 0 Å². The van der Waals surface area contributed by atoms with Crippen LogP contribution in [0.15, 0.2) is 23.8 Å². The number of unbranched alkanes of at least 4 members (excludes halogenated alkanes) is 1. The molecule has 0 bridgehead atoms. The normalized spacial score (nSPS) is 24.6. The van der Waals surface area contributed by atoms with Gasteiger partial charge >= 0.3 is 0 Å². The maximum atomic E-state index is 11.6. The third-order valence-electron chi connectivity index (χ3n) is 3.06. The van der Waals surface area contributed by atoms with Crippen molar-refractivity contribution in [1.82, 2.24) is 0 Å².